The van der Waals surface area contributed by atoms with Crippen molar-refractivity contribution in [2.45, 2.75) is 6.42 Å². The minimum Gasteiger partial charge on any atom is -0.385 e. The second-order valence-electron chi connectivity index (χ2n) is 2.34. The molecule has 0 aromatic heterocycles. The SMILES string of the molecule is BrCCCNc1ccccc1. The molecular weight excluding hydrogens is 202 g/mol. The average molecular weight is 214 g/mol. The maximum atomic E-state index is 3.38. The molecule has 2 heteroatoms. The van der Waals surface area contributed by atoms with Crippen LogP contribution in [0.25, 0.3) is 0 Å². The van der Waals surface area contributed by atoms with E-state index in [0.717, 1.165) is 18.3 Å². The van der Waals surface area contributed by atoms with Crippen LogP contribution in [-0.4, -0.2) is 11.9 Å². The van der Waals surface area contributed by atoms with Gasteiger partial charge in [0.05, 0.1) is 0 Å². The molecule has 60 valence electrons. The zero-order valence-electron chi connectivity index (χ0n) is 6.39. The Morgan fingerprint density at radius 1 is 1.18 bits per heavy atom. The summed E-state index contributed by atoms with van der Waals surface area (Å²) < 4.78 is 0. The van der Waals surface area contributed by atoms with E-state index in [1.165, 1.54) is 5.69 Å². The summed E-state index contributed by atoms with van der Waals surface area (Å²) in [6, 6.07) is 10.3. The van der Waals surface area contributed by atoms with Crippen LogP contribution in [0, 0.1) is 0 Å². The molecule has 0 unspecified atom stereocenters. The molecule has 1 N–H and O–H groups in total. The number of hydrogen-bond donors (Lipinski definition) is 1. The lowest BCUT2D eigenvalue weighted by Gasteiger charge is -2.02. The number of benzene rings is 1. The average Bonchev–Trinajstić information content (AvgIpc) is 2.07. The molecule has 0 bridgehead atoms. The Morgan fingerprint density at radius 3 is 2.55 bits per heavy atom. The van der Waals surface area contributed by atoms with Gasteiger partial charge in [0, 0.05) is 17.6 Å². The first-order valence-electron chi connectivity index (χ1n) is 3.78. The van der Waals surface area contributed by atoms with Gasteiger partial charge in [0.25, 0.3) is 0 Å². The van der Waals surface area contributed by atoms with Gasteiger partial charge < -0.3 is 5.32 Å². The number of alkyl halides is 1. The second kappa shape index (κ2) is 5.19. The first-order valence-corrected chi connectivity index (χ1v) is 4.90. The maximum absolute atomic E-state index is 3.38. The summed E-state index contributed by atoms with van der Waals surface area (Å²) >= 11 is 3.38. The fourth-order valence-electron chi connectivity index (χ4n) is 0.856. The predicted octanol–water partition coefficient (Wildman–Crippen LogP) is 2.88. The zero-order chi connectivity index (χ0) is 7.94. The van der Waals surface area contributed by atoms with Gasteiger partial charge in [0.1, 0.15) is 0 Å². The molecule has 1 rings (SSSR count). The highest BCUT2D eigenvalue weighted by Gasteiger charge is 1.86. The predicted molar refractivity (Wildman–Crippen MR) is 53.3 cm³/mol. The zero-order valence-corrected chi connectivity index (χ0v) is 7.97. The molecule has 1 aromatic rings. The van der Waals surface area contributed by atoms with E-state index in [2.05, 4.69) is 33.4 Å². The molecule has 0 amide bonds. The lowest BCUT2D eigenvalue weighted by molar-refractivity contribution is 0.999. The van der Waals surface area contributed by atoms with E-state index in [9.17, 15) is 0 Å². The molecule has 0 heterocycles. The molecule has 0 saturated carbocycles. The third-order valence-electron chi connectivity index (χ3n) is 1.41. The van der Waals surface area contributed by atoms with Gasteiger partial charge >= 0.3 is 0 Å². The first-order chi connectivity index (χ1) is 5.43. The van der Waals surface area contributed by atoms with Gasteiger partial charge in [-0.05, 0) is 18.6 Å². The van der Waals surface area contributed by atoms with Gasteiger partial charge in [0.2, 0.25) is 0 Å². The quantitative estimate of drug-likeness (QED) is 0.600. The van der Waals surface area contributed by atoms with Crippen LogP contribution >= 0.6 is 15.9 Å². The number of anilines is 1. The summed E-state index contributed by atoms with van der Waals surface area (Å²) in [6.45, 7) is 1.04. The van der Waals surface area contributed by atoms with Crippen molar-refractivity contribution in [3.8, 4) is 0 Å². The topological polar surface area (TPSA) is 12.0 Å². The van der Waals surface area contributed by atoms with E-state index in [1.807, 2.05) is 18.2 Å². The summed E-state index contributed by atoms with van der Waals surface area (Å²) in [6.07, 6.45) is 1.16. The summed E-state index contributed by atoms with van der Waals surface area (Å²) in [4.78, 5) is 0. The highest BCUT2D eigenvalue weighted by Crippen LogP contribution is 2.04. The monoisotopic (exact) mass is 213 g/mol. The van der Waals surface area contributed by atoms with Crippen molar-refractivity contribution in [2.24, 2.45) is 0 Å². The van der Waals surface area contributed by atoms with Crippen molar-refractivity contribution in [1.82, 2.24) is 0 Å². The molecule has 0 aliphatic heterocycles. The van der Waals surface area contributed by atoms with Crippen LogP contribution in [0.15, 0.2) is 30.3 Å². The Morgan fingerprint density at radius 2 is 1.91 bits per heavy atom. The van der Waals surface area contributed by atoms with Crippen LogP contribution in [0.4, 0.5) is 5.69 Å². The Bertz CT molecular complexity index is 186. The standard InChI is InChI=1S/C9H12BrN/c10-7-4-8-11-9-5-2-1-3-6-9/h1-3,5-6,11H,4,7-8H2. The fourth-order valence-corrected chi connectivity index (χ4v) is 1.14. The largest absolute Gasteiger partial charge is 0.385 e. The lowest BCUT2D eigenvalue weighted by Crippen LogP contribution is -2.00. The summed E-state index contributed by atoms with van der Waals surface area (Å²) in [5, 5.41) is 4.38. The molecule has 1 nitrogen and oxygen atoms in total. The lowest BCUT2D eigenvalue weighted by atomic mass is 10.3. The van der Waals surface area contributed by atoms with Gasteiger partial charge in [-0.25, -0.2) is 0 Å². The van der Waals surface area contributed by atoms with E-state index in [4.69, 9.17) is 0 Å². The molecule has 0 aliphatic rings. The van der Waals surface area contributed by atoms with Gasteiger partial charge in [-0.2, -0.15) is 0 Å². The number of hydrogen-bond acceptors (Lipinski definition) is 1. The maximum Gasteiger partial charge on any atom is 0.0340 e. The van der Waals surface area contributed by atoms with Gasteiger partial charge in [-0.3, -0.25) is 0 Å². The number of halogens is 1. The minimum absolute atomic E-state index is 1.04. The molecular formula is C9H12BrN. The van der Waals surface area contributed by atoms with Gasteiger partial charge in [-0.15, -0.1) is 0 Å². The highest BCUT2D eigenvalue weighted by molar-refractivity contribution is 9.09. The molecule has 0 radical (unpaired) electrons. The summed E-state index contributed by atoms with van der Waals surface area (Å²) in [5.74, 6) is 0. The van der Waals surface area contributed by atoms with Crippen molar-refractivity contribution < 1.29 is 0 Å². The minimum atomic E-state index is 1.04. The Kier molecular flexibility index (Phi) is 4.06. The van der Waals surface area contributed by atoms with Crippen LogP contribution in [0.1, 0.15) is 6.42 Å². The highest BCUT2D eigenvalue weighted by atomic mass is 79.9. The molecule has 0 spiro atoms. The van der Waals surface area contributed by atoms with Crippen LogP contribution < -0.4 is 5.32 Å². The smallest absolute Gasteiger partial charge is 0.0340 e. The third-order valence-corrected chi connectivity index (χ3v) is 1.97. The molecule has 0 saturated heterocycles. The first kappa shape index (κ1) is 8.60. The van der Waals surface area contributed by atoms with Crippen LogP contribution in [0.5, 0.6) is 0 Å². The Labute approximate surface area is 75.9 Å². The van der Waals surface area contributed by atoms with Crippen molar-refractivity contribution in [1.29, 1.82) is 0 Å². The van der Waals surface area contributed by atoms with E-state index in [-0.39, 0.29) is 0 Å². The molecule has 0 fully saturated rings. The fraction of sp³-hybridized carbons (Fsp3) is 0.333. The van der Waals surface area contributed by atoms with Crippen LogP contribution in [0.2, 0.25) is 0 Å². The van der Waals surface area contributed by atoms with Crippen molar-refractivity contribution in [3.63, 3.8) is 0 Å². The summed E-state index contributed by atoms with van der Waals surface area (Å²) in [5.41, 5.74) is 1.20. The second-order valence-corrected chi connectivity index (χ2v) is 3.13. The summed E-state index contributed by atoms with van der Waals surface area (Å²) in [7, 11) is 0. The van der Waals surface area contributed by atoms with Crippen LogP contribution in [0.3, 0.4) is 0 Å². The molecule has 1 aromatic carbocycles. The number of rotatable bonds is 4. The van der Waals surface area contributed by atoms with E-state index >= 15 is 0 Å². The Balaban J connectivity index is 2.28. The Hall–Kier alpha value is -0.500. The third kappa shape index (κ3) is 3.42. The van der Waals surface area contributed by atoms with Crippen LogP contribution in [-0.2, 0) is 0 Å². The van der Waals surface area contributed by atoms with Crippen molar-refractivity contribution in [2.75, 3.05) is 17.2 Å². The van der Waals surface area contributed by atoms with E-state index < -0.39 is 0 Å². The van der Waals surface area contributed by atoms with Crippen molar-refractivity contribution in [3.05, 3.63) is 30.3 Å². The number of nitrogens with one attached hydrogen (secondary N) is 1. The van der Waals surface area contributed by atoms with Crippen molar-refractivity contribution >= 4 is 21.6 Å². The molecule has 11 heavy (non-hydrogen) atoms. The van der Waals surface area contributed by atoms with E-state index in [0.29, 0.717) is 0 Å². The van der Waals surface area contributed by atoms with Gasteiger partial charge in [0.15, 0.2) is 0 Å². The van der Waals surface area contributed by atoms with E-state index in [1.54, 1.807) is 0 Å². The number of para-hydroxylation sites is 1. The molecule has 0 aliphatic carbocycles. The normalized spacial score (nSPS) is 9.55. The molecule has 0 atom stereocenters. The van der Waals surface area contributed by atoms with Gasteiger partial charge in [-0.1, -0.05) is 34.1 Å².